The lowest BCUT2D eigenvalue weighted by atomic mass is 10.1. The zero-order valence-corrected chi connectivity index (χ0v) is 12.6. The summed E-state index contributed by atoms with van der Waals surface area (Å²) in [4.78, 5) is 14.0. The number of likely N-dealkylation sites (tertiary alicyclic amines) is 1. The molecule has 1 N–H and O–H groups in total. The molecule has 1 amide bonds. The van der Waals surface area contributed by atoms with Gasteiger partial charge in [-0.05, 0) is 30.3 Å². The van der Waals surface area contributed by atoms with Crippen molar-refractivity contribution in [2.75, 3.05) is 13.2 Å². The predicted octanol–water partition coefficient (Wildman–Crippen LogP) is 3.02. The number of halogens is 1. The fourth-order valence-corrected chi connectivity index (χ4v) is 2.76. The van der Waals surface area contributed by atoms with E-state index in [9.17, 15) is 14.3 Å². The maximum absolute atomic E-state index is 13.5. The molecule has 1 aliphatic heterocycles. The number of para-hydroxylation sites is 1. The topological polar surface area (TPSA) is 49.8 Å². The first-order valence-electron chi connectivity index (χ1n) is 7.56. The van der Waals surface area contributed by atoms with Crippen LogP contribution in [0.1, 0.15) is 16.8 Å². The Morgan fingerprint density at radius 2 is 1.91 bits per heavy atom. The summed E-state index contributed by atoms with van der Waals surface area (Å²) in [7, 11) is 0. The van der Waals surface area contributed by atoms with Gasteiger partial charge in [-0.15, -0.1) is 0 Å². The summed E-state index contributed by atoms with van der Waals surface area (Å²) in [5, 5.41) is 9.31. The third kappa shape index (κ3) is 3.51. The van der Waals surface area contributed by atoms with E-state index < -0.39 is 12.2 Å². The number of amides is 1. The van der Waals surface area contributed by atoms with Crippen LogP contribution in [0.25, 0.3) is 0 Å². The van der Waals surface area contributed by atoms with Crippen LogP contribution in [-0.4, -0.2) is 41.3 Å². The summed E-state index contributed by atoms with van der Waals surface area (Å²) in [5.41, 5.74) is 0.422. The molecule has 0 aromatic heterocycles. The minimum Gasteiger partial charge on any atom is -0.457 e. The Kier molecular flexibility index (Phi) is 4.57. The summed E-state index contributed by atoms with van der Waals surface area (Å²) < 4.78 is 19.2. The van der Waals surface area contributed by atoms with E-state index >= 15 is 0 Å². The first-order valence-corrected chi connectivity index (χ1v) is 7.56. The van der Waals surface area contributed by atoms with Gasteiger partial charge in [0.1, 0.15) is 17.7 Å². The molecule has 5 heteroatoms. The number of benzene rings is 2. The summed E-state index contributed by atoms with van der Waals surface area (Å²) in [6, 6.07) is 15.6. The smallest absolute Gasteiger partial charge is 0.254 e. The van der Waals surface area contributed by atoms with E-state index in [-0.39, 0.29) is 25.5 Å². The number of nitrogens with zero attached hydrogens (tertiary/aromatic N) is 1. The normalized spacial score (nSPS) is 20.5. The van der Waals surface area contributed by atoms with Gasteiger partial charge in [0.25, 0.3) is 5.91 Å². The molecule has 120 valence electrons. The molecule has 0 radical (unpaired) electrons. The van der Waals surface area contributed by atoms with Gasteiger partial charge in [0.15, 0.2) is 0 Å². The molecule has 0 bridgehead atoms. The van der Waals surface area contributed by atoms with E-state index in [4.69, 9.17) is 4.74 Å². The zero-order chi connectivity index (χ0) is 16.2. The maximum atomic E-state index is 13.5. The van der Waals surface area contributed by atoms with Gasteiger partial charge in [0.2, 0.25) is 0 Å². The third-order valence-electron chi connectivity index (χ3n) is 3.89. The van der Waals surface area contributed by atoms with Gasteiger partial charge in [-0.25, -0.2) is 4.39 Å². The van der Waals surface area contributed by atoms with Crippen LogP contribution in [0.15, 0.2) is 54.6 Å². The zero-order valence-electron chi connectivity index (χ0n) is 12.6. The first-order chi connectivity index (χ1) is 11.2. The Labute approximate surface area is 134 Å². The Bertz CT molecular complexity index is 677. The summed E-state index contributed by atoms with van der Waals surface area (Å²) in [5.74, 6) is 0.927. The molecule has 23 heavy (non-hydrogen) atoms. The molecule has 3 rings (SSSR count). The fraction of sp³-hybridized carbons (Fsp3) is 0.278. The lowest BCUT2D eigenvalue weighted by Crippen LogP contribution is -2.37. The van der Waals surface area contributed by atoms with Crippen LogP contribution in [-0.2, 0) is 0 Å². The van der Waals surface area contributed by atoms with E-state index in [0.717, 1.165) is 0 Å². The Balaban J connectivity index is 1.78. The molecule has 2 aromatic rings. The second-order valence-electron chi connectivity index (χ2n) is 5.57. The molecule has 1 aliphatic rings. The molecule has 2 aromatic carbocycles. The minimum absolute atomic E-state index is 0.0217. The molecular formula is C18H18FNO3. The molecule has 2 atom stereocenters. The summed E-state index contributed by atoms with van der Waals surface area (Å²) in [6.07, 6.45) is -0.900. The minimum atomic E-state index is -1.08. The van der Waals surface area contributed by atoms with E-state index in [2.05, 4.69) is 0 Å². The average molecular weight is 315 g/mol. The lowest BCUT2D eigenvalue weighted by molar-refractivity contribution is 0.0672. The van der Waals surface area contributed by atoms with E-state index in [1.807, 2.05) is 30.3 Å². The van der Waals surface area contributed by atoms with Crippen LogP contribution < -0.4 is 4.74 Å². The fourth-order valence-electron chi connectivity index (χ4n) is 2.76. The number of alkyl halides is 1. The van der Waals surface area contributed by atoms with Gasteiger partial charge >= 0.3 is 0 Å². The van der Waals surface area contributed by atoms with Crippen LogP contribution >= 0.6 is 0 Å². The number of carbonyl (C=O) groups is 1. The predicted molar refractivity (Wildman–Crippen MR) is 84.4 cm³/mol. The summed E-state index contributed by atoms with van der Waals surface area (Å²) in [6.45, 7) is -0.208. The molecule has 0 aliphatic carbocycles. The number of hydrogen-bond donors (Lipinski definition) is 1. The van der Waals surface area contributed by atoms with E-state index in [1.165, 1.54) is 4.90 Å². The highest BCUT2D eigenvalue weighted by atomic mass is 19.1. The van der Waals surface area contributed by atoms with Crippen molar-refractivity contribution in [3.63, 3.8) is 0 Å². The largest absolute Gasteiger partial charge is 0.457 e. The highest BCUT2D eigenvalue weighted by molar-refractivity contribution is 5.95. The van der Waals surface area contributed by atoms with Crippen LogP contribution in [0.4, 0.5) is 4.39 Å². The van der Waals surface area contributed by atoms with E-state index in [1.54, 1.807) is 24.3 Å². The van der Waals surface area contributed by atoms with Gasteiger partial charge in [-0.2, -0.15) is 0 Å². The number of rotatable bonds is 4. The Morgan fingerprint density at radius 3 is 2.65 bits per heavy atom. The number of carbonyl (C=O) groups excluding carboxylic acids is 1. The van der Waals surface area contributed by atoms with Crippen molar-refractivity contribution >= 4 is 5.91 Å². The van der Waals surface area contributed by atoms with Gasteiger partial charge in [-0.1, -0.05) is 24.3 Å². The number of aliphatic hydroxyl groups is 1. The molecular weight excluding hydrogens is 297 g/mol. The standard InChI is InChI=1S/C18H18FNO3/c19-14-10-15(12-21)20(11-14)18(22)13-5-4-8-17(9-13)23-16-6-2-1-3-7-16/h1-9,14-15,21H,10-12H2/t14-,15-/m0/s1. The van der Waals surface area contributed by atoms with Crippen molar-refractivity contribution in [2.24, 2.45) is 0 Å². The van der Waals surface area contributed by atoms with Crippen molar-refractivity contribution in [3.8, 4) is 11.5 Å². The highest BCUT2D eigenvalue weighted by Crippen LogP contribution is 2.25. The van der Waals surface area contributed by atoms with Crippen molar-refractivity contribution < 1.29 is 19.0 Å². The monoisotopic (exact) mass is 315 g/mol. The molecule has 0 spiro atoms. The second-order valence-corrected chi connectivity index (χ2v) is 5.57. The van der Waals surface area contributed by atoms with Crippen LogP contribution in [0.3, 0.4) is 0 Å². The van der Waals surface area contributed by atoms with Crippen LogP contribution in [0.5, 0.6) is 11.5 Å². The van der Waals surface area contributed by atoms with Crippen molar-refractivity contribution in [1.29, 1.82) is 0 Å². The first kappa shape index (κ1) is 15.5. The van der Waals surface area contributed by atoms with Crippen molar-refractivity contribution in [3.05, 3.63) is 60.2 Å². The number of hydrogen-bond acceptors (Lipinski definition) is 3. The number of ether oxygens (including phenoxy) is 1. The maximum Gasteiger partial charge on any atom is 0.254 e. The molecule has 1 fully saturated rings. The molecule has 4 nitrogen and oxygen atoms in total. The van der Waals surface area contributed by atoms with Crippen molar-refractivity contribution in [1.82, 2.24) is 4.90 Å². The van der Waals surface area contributed by atoms with Crippen molar-refractivity contribution in [2.45, 2.75) is 18.6 Å². The molecule has 0 unspecified atom stereocenters. The quantitative estimate of drug-likeness (QED) is 0.943. The van der Waals surface area contributed by atoms with Gasteiger partial charge in [0.05, 0.1) is 19.2 Å². The molecule has 1 saturated heterocycles. The highest BCUT2D eigenvalue weighted by Gasteiger charge is 2.35. The van der Waals surface area contributed by atoms with Crippen LogP contribution in [0, 0.1) is 0 Å². The third-order valence-corrected chi connectivity index (χ3v) is 3.89. The Hall–Kier alpha value is -2.40. The second kappa shape index (κ2) is 6.79. The molecule has 1 heterocycles. The average Bonchev–Trinajstić information content (AvgIpc) is 2.96. The lowest BCUT2D eigenvalue weighted by Gasteiger charge is -2.22. The van der Waals surface area contributed by atoms with Gasteiger partial charge < -0.3 is 14.7 Å². The van der Waals surface area contributed by atoms with Crippen LogP contribution in [0.2, 0.25) is 0 Å². The van der Waals surface area contributed by atoms with E-state index in [0.29, 0.717) is 17.1 Å². The summed E-state index contributed by atoms with van der Waals surface area (Å²) >= 11 is 0. The van der Waals surface area contributed by atoms with Gasteiger partial charge in [0, 0.05) is 12.0 Å². The number of aliphatic hydroxyl groups excluding tert-OH is 1. The molecule has 0 saturated carbocycles. The SMILES string of the molecule is O=C(c1cccc(Oc2ccccc2)c1)N1C[C@@H](F)C[C@H]1CO. The Morgan fingerprint density at radius 1 is 1.17 bits per heavy atom. The van der Waals surface area contributed by atoms with Gasteiger partial charge in [-0.3, -0.25) is 4.79 Å².